The number of aliphatic imine (C=N–C) groups is 2. The van der Waals surface area contributed by atoms with Gasteiger partial charge < -0.3 is 15.2 Å². The molecule has 1 saturated heterocycles. The third-order valence-corrected chi connectivity index (χ3v) is 6.77. The van der Waals surface area contributed by atoms with Crippen LogP contribution < -0.4 is 5.73 Å². The number of hydrogen-bond acceptors (Lipinski definition) is 5. The molecule has 1 aliphatic heterocycles. The number of likely N-dealkylation sites (tertiary alicyclic amines) is 1. The second-order valence-electron chi connectivity index (χ2n) is 9.47. The third kappa shape index (κ3) is 4.53. The number of hydrogen-bond donors (Lipinski definition) is 1. The fourth-order valence-corrected chi connectivity index (χ4v) is 4.90. The molecule has 1 aromatic carbocycles. The molecule has 8 heteroatoms. The predicted molar refractivity (Wildman–Crippen MR) is 132 cm³/mol. The Morgan fingerprint density at radius 1 is 1.06 bits per heavy atom. The lowest BCUT2D eigenvalue weighted by atomic mass is 9.96. The fourth-order valence-electron chi connectivity index (χ4n) is 4.90. The van der Waals surface area contributed by atoms with E-state index in [4.69, 9.17) is 20.7 Å². The highest BCUT2D eigenvalue weighted by atomic mass is 15.1. The highest BCUT2D eigenvalue weighted by Crippen LogP contribution is 2.54. The number of aryl methyl sites for hydroxylation is 2. The Morgan fingerprint density at radius 2 is 1.82 bits per heavy atom. The minimum absolute atomic E-state index is 0.298. The van der Waals surface area contributed by atoms with Crippen molar-refractivity contribution in [2.24, 2.45) is 28.7 Å². The lowest BCUT2D eigenvalue weighted by Gasteiger charge is -2.28. The molecule has 0 amide bonds. The molecule has 0 spiro atoms. The molecule has 2 aliphatic rings. The molecule has 172 valence electrons. The Morgan fingerprint density at radius 3 is 2.55 bits per heavy atom. The van der Waals surface area contributed by atoms with E-state index in [9.17, 15) is 0 Å². The van der Waals surface area contributed by atoms with Gasteiger partial charge in [-0.05, 0) is 65.4 Å². The van der Waals surface area contributed by atoms with Crippen LogP contribution in [0.4, 0.5) is 5.82 Å². The van der Waals surface area contributed by atoms with Gasteiger partial charge >= 0.3 is 0 Å². The van der Waals surface area contributed by atoms with Crippen molar-refractivity contribution in [2.75, 3.05) is 20.1 Å². The third-order valence-electron chi connectivity index (χ3n) is 6.77. The van der Waals surface area contributed by atoms with Crippen LogP contribution in [0.5, 0.6) is 0 Å². The zero-order chi connectivity index (χ0) is 23.1. The number of imidazole rings is 1. The van der Waals surface area contributed by atoms with Crippen molar-refractivity contribution < 1.29 is 0 Å². The lowest BCUT2D eigenvalue weighted by Crippen LogP contribution is -2.33. The van der Waals surface area contributed by atoms with Crippen LogP contribution in [-0.4, -0.2) is 56.2 Å². The Labute approximate surface area is 194 Å². The summed E-state index contributed by atoms with van der Waals surface area (Å²) in [4.78, 5) is 26.1. The molecule has 5 rings (SSSR count). The smallest absolute Gasteiger partial charge is 0.157 e. The summed E-state index contributed by atoms with van der Waals surface area (Å²) in [6.07, 6.45) is 3.10. The lowest BCUT2D eigenvalue weighted by molar-refractivity contribution is 0.251. The molecule has 2 fully saturated rings. The van der Waals surface area contributed by atoms with E-state index in [1.54, 1.807) is 0 Å². The normalized spacial score (nSPS) is 22.8. The van der Waals surface area contributed by atoms with Crippen LogP contribution in [0.15, 0.2) is 40.3 Å². The molecule has 1 aliphatic carbocycles. The first-order chi connectivity index (χ1) is 15.9. The molecule has 3 aromatic rings. The van der Waals surface area contributed by atoms with Crippen molar-refractivity contribution in [3.05, 3.63) is 47.7 Å². The molecule has 0 unspecified atom stereocenters. The maximum Gasteiger partial charge on any atom is 0.157 e. The maximum absolute atomic E-state index is 5.94. The Bertz CT molecular complexity index is 1230. The summed E-state index contributed by atoms with van der Waals surface area (Å²) in [7, 11) is 4.25. The van der Waals surface area contributed by atoms with Crippen molar-refractivity contribution in [2.45, 2.75) is 44.9 Å². The van der Waals surface area contributed by atoms with Gasteiger partial charge in [0.25, 0.3) is 0 Å². The SMILES string of the molecule is CC(N)=NC(=Nc1cc([C@@H]2C[C@H]2c2nc3ccccc3n2C)nc(C)n1)C1CCN(C)CC1. The van der Waals surface area contributed by atoms with Crippen molar-refractivity contribution >= 4 is 28.5 Å². The second kappa shape index (κ2) is 8.67. The number of rotatable bonds is 4. The van der Waals surface area contributed by atoms with Gasteiger partial charge in [-0.3, -0.25) is 0 Å². The topological polar surface area (TPSA) is 97.6 Å². The number of para-hydroxylation sites is 2. The number of nitrogens with two attached hydrogens (primary N) is 1. The Hall–Kier alpha value is -3.13. The minimum atomic E-state index is 0.298. The van der Waals surface area contributed by atoms with E-state index in [2.05, 4.69) is 51.7 Å². The van der Waals surface area contributed by atoms with E-state index in [0.29, 0.717) is 29.4 Å². The summed E-state index contributed by atoms with van der Waals surface area (Å²) in [5.74, 6) is 4.85. The number of nitrogens with zero attached hydrogens (tertiary/aromatic N) is 7. The average molecular weight is 445 g/mol. The van der Waals surface area contributed by atoms with Crippen molar-refractivity contribution in [1.82, 2.24) is 24.4 Å². The van der Waals surface area contributed by atoms with Gasteiger partial charge in [-0.15, -0.1) is 0 Å². The molecule has 8 nitrogen and oxygen atoms in total. The number of amidine groups is 2. The zero-order valence-corrected chi connectivity index (χ0v) is 19.9. The number of benzene rings is 1. The number of aromatic nitrogens is 4. The van der Waals surface area contributed by atoms with Gasteiger partial charge in [-0.25, -0.2) is 24.9 Å². The van der Waals surface area contributed by atoms with E-state index in [-0.39, 0.29) is 0 Å². The van der Waals surface area contributed by atoms with E-state index in [1.165, 1.54) is 5.52 Å². The first kappa shape index (κ1) is 21.7. The number of piperidine rings is 1. The van der Waals surface area contributed by atoms with Crippen LogP contribution in [0.3, 0.4) is 0 Å². The van der Waals surface area contributed by atoms with Crippen LogP contribution in [0.25, 0.3) is 11.0 Å². The van der Waals surface area contributed by atoms with Crippen molar-refractivity contribution in [1.29, 1.82) is 0 Å². The van der Waals surface area contributed by atoms with Crippen molar-refractivity contribution in [3.63, 3.8) is 0 Å². The molecule has 33 heavy (non-hydrogen) atoms. The zero-order valence-electron chi connectivity index (χ0n) is 19.9. The summed E-state index contributed by atoms with van der Waals surface area (Å²) in [6.45, 7) is 5.83. The second-order valence-corrected chi connectivity index (χ2v) is 9.47. The van der Waals surface area contributed by atoms with Gasteiger partial charge in [0.1, 0.15) is 17.5 Å². The summed E-state index contributed by atoms with van der Waals surface area (Å²) >= 11 is 0. The van der Waals surface area contributed by atoms with Gasteiger partial charge in [-0.2, -0.15) is 0 Å². The van der Waals surface area contributed by atoms with Crippen LogP contribution in [0, 0.1) is 12.8 Å². The van der Waals surface area contributed by atoms with Gasteiger partial charge in [0.15, 0.2) is 5.82 Å². The van der Waals surface area contributed by atoms with Crippen LogP contribution in [0.2, 0.25) is 0 Å². The van der Waals surface area contributed by atoms with Gasteiger partial charge in [0.2, 0.25) is 0 Å². The summed E-state index contributed by atoms with van der Waals surface area (Å²) in [6, 6.07) is 10.3. The molecule has 0 radical (unpaired) electrons. The molecule has 0 bridgehead atoms. The van der Waals surface area contributed by atoms with E-state index < -0.39 is 0 Å². The maximum atomic E-state index is 5.94. The Balaban J connectivity index is 1.43. The molecule has 2 N–H and O–H groups in total. The van der Waals surface area contributed by atoms with E-state index in [1.807, 2.05) is 26.0 Å². The molecule has 1 saturated carbocycles. The van der Waals surface area contributed by atoms with E-state index >= 15 is 0 Å². The molecular formula is C25H32N8. The van der Waals surface area contributed by atoms with Crippen LogP contribution in [-0.2, 0) is 7.05 Å². The summed E-state index contributed by atoms with van der Waals surface area (Å²) < 4.78 is 2.21. The highest BCUT2D eigenvalue weighted by molar-refractivity contribution is 5.97. The first-order valence-corrected chi connectivity index (χ1v) is 11.7. The first-order valence-electron chi connectivity index (χ1n) is 11.7. The fraction of sp³-hybridized carbons (Fsp3) is 0.480. The Kier molecular flexibility index (Phi) is 5.70. The molecule has 3 heterocycles. The van der Waals surface area contributed by atoms with Crippen LogP contribution >= 0.6 is 0 Å². The molecule has 2 atom stereocenters. The monoisotopic (exact) mass is 444 g/mol. The van der Waals surface area contributed by atoms with Crippen molar-refractivity contribution in [3.8, 4) is 0 Å². The standard InChI is InChI=1S/C25H32N8/c1-15(26)27-24(17-9-11-32(3)12-10-17)31-23-14-21(28-16(2)29-23)18-13-19(18)25-30-20-7-5-6-8-22(20)33(25)4/h5-8,14,17-19H,9-13H2,1-4H3,(H2,26,27,28,29,31)/t18-,19-/m1/s1. The minimum Gasteiger partial charge on any atom is -0.387 e. The van der Waals surface area contributed by atoms with Gasteiger partial charge in [0, 0.05) is 30.9 Å². The average Bonchev–Trinajstić information content (AvgIpc) is 3.51. The van der Waals surface area contributed by atoms with Gasteiger partial charge in [0.05, 0.1) is 22.6 Å². The van der Waals surface area contributed by atoms with E-state index in [0.717, 1.165) is 61.0 Å². The predicted octanol–water partition coefficient (Wildman–Crippen LogP) is 3.69. The molecule has 2 aromatic heterocycles. The highest BCUT2D eigenvalue weighted by Gasteiger charge is 2.44. The quantitative estimate of drug-likeness (QED) is 0.489. The van der Waals surface area contributed by atoms with Gasteiger partial charge in [-0.1, -0.05) is 12.1 Å². The summed E-state index contributed by atoms with van der Waals surface area (Å²) in [5, 5.41) is 0. The van der Waals surface area contributed by atoms with Crippen LogP contribution in [0.1, 0.15) is 55.4 Å². The molecular weight excluding hydrogens is 412 g/mol. The largest absolute Gasteiger partial charge is 0.387 e. The summed E-state index contributed by atoms with van der Waals surface area (Å²) in [5.41, 5.74) is 9.19. The number of fused-ring (bicyclic) bond motifs is 1.